The van der Waals surface area contributed by atoms with Gasteiger partial charge in [-0.05, 0) is 31.9 Å². The number of halogens is 1. The maximum Gasteiger partial charge on any atom is 0.308 e. The molecular formula is C20H30IN3O4. The third kappa shape index (κ3) is 5.01. The van der Waals surface area contributed by atoms with Crippen LogP contribution in [0.2, 0.25) is 0 Å². The quantitative estimate of drug-likeness (QED) is 0.295. The van der Waals surface area contributed by atoms with Gasteiger partial charge >= 0.3 is 5.97 Å². The first-order chi connectivity index (χ1) is 13.0. The summed E-state index contributed by atoms with van der Waals surface area (Å²) < 4.78 is 16.3. The predicted octanol–water partition coefficient (Wildman–Crippen LogP) is 2.60. The van der Waals surface area contributed by atoms with Crippen molar-refractivity contribution in [1.29, 1.82) is 0 Å². The summed E-state index contributed by atoms with van der Waals surface area (Å²) in [5, 5.41) is 3.41. The summed E-state index contributed by atoms with van der Waals surface area (Å²) >= 11 is 0. The summed E-state index contributed by atoms with van der Waals surface area (Å²) in [5.41, 5.74) is 2.23. The second kappa shape index (κ2) is 10.2. The zero-order chi connectivity index (χ0) is 19.4. The fourth-order valence-corrected chi connectivity index (χ4v) is 3.81. The van der Waals surface area contributed by atoms with Gasteiger partial charge in [-0.3, -0.25) is 9.79 Å². The Morgan fingerprint density at radius 2 is 2.04 bits per heavy atom. The molecule has 2 aliphatic heterocycles. The Kier molecular flexibility index (Phi) is 8.21. The molecule has 1 fully saturated rings. The van der Waals surface area contributed by atoms with E-state index in [0.717, 1.165) is 55.4 Å². The zero-order valence-electron chi connectivity index (χ0n) is 17.0. The molecule has 7 nitrogen and oxygen atoms in total. The summed E-state index contributed by atoms with van der Waals surface area (Å²) in [4.78, 5) is 18.3. The molecule has 3 rings (SSSR count). The van der Waals surface area contributed by atoms with E-state index in [1.165, 1.54) is 12.7 Å². The molecule has 1 unspecified atom stereocenters. The average Bonchev–Trinajstić information content (AvgIpc) is 3.06. The van der Waals surface area contributed by atoms with Gasteiger partial charge in [0, 0.05) is 44.2 Å². The number of benzene rings is 1. The van der Waals surface area contributed by atoms with Gasteiger partial charge in [-0.25, -0.2) is 0 Å². The van der Waals surface area contributed by atoms with Crippen LogP contribution in [-0.2, 0) is 22.5 Å². The molecule has 1 aromatic carbocycles. The fourth-order valence-electron chi connectivity index (χ4n) is 3.81. The number of carbonyl (C=O) groups is 1. The number of nitrogens with one attached hydrogen (secondary N) is 1. The number of carbonyl (C=O) groups excluding carboxylic acids is 1. The van der Waals surface area contributed by atoms with Crippen LogP contribution in [0, 0.1) is 5.92 Å². The molecule has 1 atom stereocenters. The van der Waals surface area contributed by atoms with Crippen molar-refractivity contribution in [3.8, 4) is 11.5 Å². The lowest BCUT2D eigenvalue weighted by Crippen LogP contribution is -2.46. The van der Waals surface area contributed by atoms with Gasteiger partial charge in [0.05, 0.1) is 20.1 Å². The van der Waals surface area contributed by atoms with E-state index in [-0.39, 0.29) is 42.0 Å². The van der Waals surface area contributed by atoms with E-state index >= 15 is 0 Å². The van der Waals surface area contributed by atoms with Crippen LogP contribution in [0.1, 0.15) is 30.9 Å². The number of ether oxygens (including phenoxy) is 3. The van der Waals surface area contributed by atoms with Crippen LogP contribution in [0.25, 0.3) is 0 Å². The van der Waals surface area contributed by atoms with Crippen LogP contribution in [0.5, 0.6) is 11.5 Å². The summed E-state index contributed by atoms with van der Waals surface area (Å²) in [5.74, 6) is 2.50. The molecule has 8 heteroatoms. The first-order valence-corrected chi connectivity index (χ1v) is 9.45. The Morgan fingerprint density at radius 3 is 2.64 bits per heavy atom. The summed E-state index contributed by atoms with van der Waals surface area (Å²) in [7, 11) is 4.92. The van der Waals surface area contributed by atoms with E-state index in [2.05, 4.69) is 34.3 Å². The lowest BCUT2D eigenvalue weighted by Gasteiger charge is -2.33. The summed E-state index contributed by atoms with van der Waals surface area (Å²) in [6.45, 7) is 4.23. The Balaban J connectivity index is 0.00000280. The van der Waals surface area contributed by atoms with Crippen LogP contribution >= 0.6 is 24.0 Å². The van der Waals surface area contributed by atoms with Crippen molar-refractivity contribution in [3.05, 3.63) is 23.3 Å². The molecule has 0 saturated carbocycles. The third-order valence-corrected chi connectivity index (χ3v) is 5.28. The second-order valence-corrected chi connectivity index (χ2v) is 7.09. The maximum absolute atomic E-state index is 11.7. The van der Waals surface area contributed by atoms with Gasteiger partial charge in [-0.15, -0.1) is 24.0 Å². The number of rotatable bonds is 4. The Morgan fingerprint density at radius 1 is 1.32 bits per heavy atom. The Hall–Kier alpha value is -1.71. The molecule has 0 aromatic heterocycles. The maximum atomic E-state index is 11.7. The lowest BCUT2D eigenvalue weighted by atomic mass is 9.97. The molecule has 0 radical (unpaired) electrons. The number of likely N-dealkylation sites (tertiary alicyclic amines) is 1. The molecule has 2 aliphatic rings. The number of nitrogens with zero attached hydrogens (tertiary/aromatic N) is 2. The average molecular weight is 503 g/mol. The molecule has 1 aromatic rings. The van der Waals surface area contributed by atoms with E-state index in [4.69, 9.17) is 14.2 Å². The number of hydrogen-bond donors (Lipinski definition) is 1. The highest BCUT2D eigenvalue weighted by molar-refractivity contribution is 14.0. The van der Waals surface area contributed by atoms with Gasteiger partial charge in [-0.2, -0.15) is 0 Å². The smallest absolute Gasteiger partial charge is 0.308 e. The molecule has 156 valence electrons. The number of hydrogen-bond acceptors (Lipinski definition) is 5. The first kappa shape index (κ1) is 22.6. The van der Waals surface area contributed by atoms with Crippen molar-refractivity contribution in [3.63, 3.8) is 0 Å². The topological polar surface area (TPSA) is 72.4 Å². The zero-order valence-corrected chi connectivity index (χ0v) is 19.3. The molecule has 2 heterocycles. The number of fused-ring (bicyclic) bond motifs is 1. The van der Waals surface area contributed by atoms with Crippen LogP contribution in [0.4, 0.5) is 0 Å². The van der Waals surface area contributed by atoms with Gasteiger partial charge in [0.2, 0.25) is 0 Å². The van der Waals surface area contributed by atoms with E-state index in [1.54, 1.807) is 14.2 Å². The molecule has 0 spiro atoms. The number of methoxy groups -OCH3 is 2. The third-order valence-electron chi connectivity index (χ3n) is 5.28. The van der Waals surface area contributed by atoms with Crippen LogP contribution in [0.3, 0.4) is 0 Å². The highest BCUT2D eigenvalue weighted by Gasteiger charge is 2.27. The molecule has 0 aliphatic carbocycles. The van der Waals surface area contributed by atoms with Gasteiger partial charge in [-0.1, -0.05) is 0 Å². The molecule has 0 bridgehead atoms. The predicted molar refractivity (Wildman–Crippen MR) is 119 cm³/mol. The normalized spacial score (nSPS) is 19.4. The van der Waals surface area contributed by atoms with Crippen molar-refractivity contribution >= 4 is 35.9 Å². The van der Waals surface area contributed by atoms with Crippen molar-refractivity contribution in [2.75, 3.05) is 34.4 Å². The first-order valence-electron chi connectivity index (χ1n) is 9.45. The number of guanidine groups is 1. The number of aliphatic imine (C=N–C) groups is 1. The molecule has 28 heavy (non-hydrogen) atoms. The highest BCUT2D eigenvalue weighted by atomic mass is 127. The number of piperidine rings is 1. The Labute approximate surface area is 183 Å². The second-order valence-electron chi connectivity index (χ2n) is 7.09. The van der Waals surface area contributed by atoms with Gasteiger partial charge < -0.3 is 24.4 Å². The van der Waals surface area contributed by atoms with Crippen molar-refractivity contribution in [1.82, 2.24) is 10.2 Å². The van der Waals surface area contributed by atoms with Crippen molar-refractivity contribution in [2.24, 2.45) is 10.9 Å². The molecular weight excluding hydrogens is 473 g/mol. The minimum Gasteiger partial charge on any atom is -0.496 e. The van der Waals surface area contributed by atoms with Crippen LogP contribution in [-0.4, -0.2) is 57.3 Å². The van der Waals surface area contributed by atoms with E-state index in [1.807, 2.05) is 0 Å². The van der Waals surface area contributed by atoms with E-state index in [0.29, 0.717) is 6.54 Å². The van der Waals surface area contributed by atoms with Crippen molar-refractivity contribution in [2.45, 2.75) is 38.8 Å². The highest BCUT2D eigenvalue weighted by Crippen LogP contribution is 2.35. The minimum absolute atomic E-state index is 0. The number of esters is 1. The van der Waals surface area contributed by atoms with Crippen molar-refractivity contribution < 1.29 is 19.0 Å². The minimum atomic E-state index is -0.116. The molecule has 1 N–H and O–H groups in total. The van der Waals surface area contributed by atoms with E-state index in [9.17, 15) is 4.79 Å². The van der Waals surface area contributed by atoms with Gasteiger partial charge in [0.15, 0.2) is 5.96 Å². The van der Waals surface area contributed by atoms with Crippen LogP contribution < -0.4 is 14.8 Å². The summed E-state index contributed by atoms with van der Waals surface area (Å²) in [6.07, 6.45) is 2.68. The van der Waals surface area contributed by atoms with Gasteiger partial charge in [0.25, 0.3) is 0 Å². The molecule has 1 saturated heterocycles. The van der Waals surface area contributed by atoms with Gasteiger partial charge in [0.1, 0.15) is 17.6 Å². The fraction of sp³-hybridized carbons (Fsp3) is 0.600. The van der Waals surface area contributed by atoms with Crippen LogP contribution in [0.15, 0.2) is 17.1 Å². The lowest BCUT2D eigenvalue weighted by molar-refractivity contribution is -0.146. The monoisotopic (exact) mass is 503 g/mol. The summed E-state index contributed by atoms with van der Waals surface area (Å²) in [6, 6.07) is 4.13. The molecule has 0 amide bonds. The van der Waals surface area contributed by atoms with E-state index < -0.39 is 0 Å². The SMILES string of the molecule is CN=C(NCc1cc2c(cc1OC)CC(C)O2)N1CCC(C(=O)OC)CC1.I. The Bertz CT molecular complexity index is 718. The largest absolute Gasteiger partial charge is 0.496 e. The standard InChI is InChI=1S/C20H29N3O4.HI/c1-13-9-15-10-17(25-3)16(11-18(15)27-13)12-22-20(21-2)23-7-5-14(6-8-23)19(24)26-4;/h10-11,13-14H,5-9,12H2,1-4H3,(H,21,22);1H.